The Bertz CT molecular complexity index is 1060. The van der Waals surface area contributed by atoms with Gasteiger partial charge in [0.1, 0.15) is 5.60 Å². The SMILES string of the molecule is CN(C=O)CC[C@@](C)(O)C#Cc1ccnc(-n2nc(C(N)=O)c3c2C2CC(C3)C2)c1. The molecule has 8 heteroatoms. The molecule has 1 saturated carbocycles. The second kappa shape index (κ2) is 7.58. The summed E-state index contributed by atoms with van der Waals surface area (Å²) < 4.78 is 1.73. The molecule has 2 heterocycles. The first-order valence-corrected chi connectivity index (χ1v) is 10.1. The molecule has 2 aromatic heterocycles. The minimum absolute atomic E-state index is 0.333. The number of carbonyl (C=O) groups is 2. The van der Waals surface area contributed by atoms with Crippen molar-refractivity contribution in [1.29, 1.82) is 0 Å². The normalized spacial score (nSPS) is 20.8. The summed E-state index contributed by atoms with van der Waals surface area (Å²) in [5, 5.41) is 15.0. The van der Waals surface area contributed by atoms with Gasteiger partial charge in [-0.25, -0.2) is 9.67 Å². The molecule has 0 radical (unpaired) electrons. The van der Waals surface area contributed by atoms with Crippen LogP contribution < -0.4 is 5.73 Å². The quantitative estimate of drug-likeness (QED) is 0.548. The Kier molecular flexibility index (Phi) is 5.08. The van der Waals surface area contributed by atoms with Gasteiger partial charge in [-0.1, -0.05) is 11.8 Å². The highest BCUT2D eigenvalue weighted by atomic mass is 16.3. The lowest BCUT2D eigenvalue weighted by Gasteiger charge is -2.41. The lowest BCUT2D eigenvalue weighted by atomic mass is 9.64. The van der Waals surface area contributed by atoms with Crippen molar-refractivity contribution in [2.75, 3.05) is 13.6 Å². The van der Waals surface area contributed by atoms with Crippen LogP contribution in [0.2, 0.25) is 0 Å². The van der Waals surface area contributed by atoms with E-state index in [4.69, 9.17) is 5.73 Å². The molecule has 1 fully saturated rings. The monoisotopic (exact) mass is 407 g/mol. The van der Waals surface area contributed by atoms with Crippen LogP contribution in [0.15, 0.2) is 18.3 Å². The van der Waals surface area contributed by atoms with Crippen LogP contribution in [0.1, 0.15) is 59.4 Å². The minimum atomic E-state index is -1.23. The molecule has 0 saturated heterocycles. The number of rotatable bonds is 6. The Hall–Kier alpha value is -3.18. The Labute approximate surface area is 175 Å². The van der Waals surface area contributed by atoms with E-state index in [0.717, 1.165) is 30.5 Å². The van der Waals surface area contributed by atoms with Crippen molar-refractivity contribution in [1.82, 2.24) is 19.7 Å². The third-order valence-electron chi connectivity index (χ3n) is 5.94. The molecule has 2 bridgehead atoms. The highest BCUT2D eigenvalue weighted by molar-refractivity contribution is 5.93. The zero-order valence-corrected chi connectivity index (χ0v) is 17.1. The Morgan fingerprint density at radius 3 is 2.97 bits per heavy atom. The van der Waals surface area contributed by atoms with Gasteiger partial charge in [-0.15, -0.1) is 0 Å². The van der Waals surface area contributed by atoms with Gasteiger partial charge in [-0.2, -0.15) is 5.10 Å². The summed E-state index contributed by atoms with van der Waals surface area (Å²) >= 11 is 0. The average Bonchev–Trinajstić information content (AvgIpc) is 3.11. The minimum Gasteiger partial charge on any atom is -0.378 e. The van der Waals surface area contributed by atoms with Crippen LogP contribution in [0.25, 0.3) is 5.82 Å². The number of nitrogens with zero attached hydrogens (tertiary/aromatic N) is 4. The number of nitrogens with two attached hydrogens (primary N) is 1. The molecule has 0 unspecified atom stereocenters. The van der Waals surface area contributed by atoms with E-state index in [1.807, 2.05) is 0 Å². The number of pyridine rings is 1. The summed E-state index contributed by atoms with van der Waals surface area (Å²) in [6.07, 6.45) is 5.74. The van der Waals surface area contributed by atoms with E-state index < -0.39 is 11.5 Å². The first-order valence-electron chi connectivity index (χ1n) is 10.1. The average molecular weight is 407 g/mol. The van der Waals surface area contributed by atoms with Crippen molar-refractivity contribution in [3.8, 4) is 17.7 Å². The van der Waals surface area contributed by atoms with Crippen molar-refractivity contribution in [2.45, 2.75) is 44.1 Å². The van der Waals surface area contributed by atoms with E-state index >= 15 is 0 Å². The molecule has 2 aromatic rings. The molecule has 5 rings (SSSR count). The number of hydrogen-bond donors (Lipinski definition) is 2. The second-order valence-corrected chi connectivity index (χ2v) is 8.49. The van der Waals surface area contributed by atoms with Gasteiger partial charge in [0.05, 0.1) is 5.69 Å². The van der Waals surface area contributed by atoms with Gasteiger partial charge in [0.25, 0.3) is 5.91 Å². The zero-order valence-electron chi connectivity index (χ0n) is 17.1. The van der Waals surface area contributed by atoms with E-state index in [2.05, 4.69) is 21.9 Å². The fraction of sp³-hybridized carbons (Fsp3) is 0.455. The largest absolute Gasteiger partial charge is 0.378 e. The van der Waals surface area contributed by atoms with E-state index in [1.165, 1.54) is 4.90 Å². The van der Waals surface area contributed by atoms with Crippen LogP contribution >= 0.6 is 0 Å². The van der Waals surface area contributed by atoms with E-state index in [9.17, 15) is 14.7 Å². The van der Waals surface area contributed by atoms with E-state index in [0.29, 0.717) is 48.3 Å². The molecular weight excluding hydrogens is 382 g/mol. The molecule has 1 atom stereocenters. The Morgan fingerprint density at radius 1 is 1.50 bits per heavy atom. The van der Waals surface area contributed by atoms with Crippen molar-refractivity contribution in [3.63, 3.8) is 0 Å². The fourth-order valence-electron chi connectivity index (χ4n) is 4.20. The van der Waals surface area contributed by atoms with Crippen LogP contribution in [0.5, 0.6) is 0 Å². The second-order valence-electron chi connectivity index (χ2n) is 8.49. The van der Waals surface area contributed by atoms with Crippen LogP contribution in [-0.4, -0.2) is 56.3 Å². The number of hydrogen-bond acceptors (Lipinski definition) is 5. The standard InChI is InChI=1S/C22H25N5O3/c1-22(30,6-8-26(2)13-28)5-3-14-4-7-24-18(12-14)27-20-16-9-15(10-16)11-17(20)19(25-27)21(23)29/h4,7,12-13,15-16,30H,6,8-11H2,1-2H3,(H2,23,29)/t15?,16?,22-/m0/s1. The maximum Gasteiger partial charge on any atom is 0.269 e. The third kappa shape index (κ3) is 3.81. The maximum absolute atomic E-state index is 11.9. The Balaban J connectivity index is 1.63. The lowest BCUT2D eigenvalue weighted by molar-refractivity contribution is -0.117. The maximum atomic E-state index is 11.9. The van der Waals surface area contributed by atoms with Crippen LogP contribution in [0, 0.1) is 17.8 Å². The molecule has 2 amide bonds. The van der Waals surface area contributed by atoms with E-state index in [1.54, 1.807) is 37.0 Å². The Morgan fingerprint density at radius 2 is 2.27 bits per heavy atom. The molecule has 0 aromatic carbocycles. The summed E-state index contributed by atoms with van der Waals surface area (Å²) in [6, 6.07) is 3.55. The highest BCUT2D eigenvalue weighted by Gasteiger charge is 2.42. The van der Waals surface area contributed by atoms with Gasteiger partial charge >= 0.3 is 0 Å². The van der Waals surface area contributed by atoms with E-state index in [-0.39, 0.29) is 0 Å². The van der Waals surface area contributed by atoms with Crippen LogP contribution in [-0.2, 0) is 11.2 Å². The fourth-order valence-corrected chi connectivity index (χ4v) is 4.20. The van der Waals surface area contributed by atoms with Crippen molar-refractivity contribution in [2.24, 2.45) is 11.7 Å². The molecule has 0 aliphatic heterocycles. The summed E-state index contributed by atoms with van der Waals surface area (Å²) in [5.41, 5.74) is 7.33. The molecule has 0 spiro atoms. The summed E-state index contributed by atoms with van der Waals surface area (Å²) in [4.78, 5) is 28.5. The zero-order chi connectivity index (χ0) is 21.5. The van der Waals surface area contributed by atoms with Gasteiger partial charge in [0, 0.05) is 43.3 Å². The summed E-state index contributed by atoms with van der Waals surface area (Å²) in [6.45, 7) is 2.03. The number of primary amides is 1. The molecule has 3 N–H and O–H groups in total. The summed E-state index contributed by atoms with van der Waals surface area (Å²) in [5.74, 6) is 6.92. The molecule has 3 aliphatic carbocycles. The number of aromatic nitrogens is 3. The smallest absolute Gasteiger partial charge is 0.269 e. The predicted molar refractivity (Wildman–Crippen MR) is 110 cm³/mol. The molecule has 156 valence electrons. The van der Waals surface area contributed by atoms with Crippen LogP contribution in [0.4, 0.5) is 0 Å². The van der Waals surface area contributed by atoms with Gasteiger partial charge in [-0.05, 0) is 44.2 Å². The number of carbonyl (C=O) groups excluding carboxylic acids is 2. The van der Waals surface area contributed by atoms with Gasteiger partial charge in [0.15, 0.2) is 11.5 Å². The number of amides is 2. The third-order valence-corrected chi connectivity index (χ3v) is 5.94. The number of aliphatic hydroxyl groups is 1. The highest BCUT2D eigenvalue weighted by Crippen LogP contribution is 2.50. The predicted octanol–water partition coefficient (Wildman–Crippen LogP) is 0.997. The van der Waals surface area contributed by atoms with Crippen molar-refractivity contribution >= 4 is 12.3 Å². The van der Waals surface area contributed by atoms with Crippen molar-refractivity contribution < 1.29 is 14.7 Å². The topological polar surface area (TPSA) is 114 Å². The molecule has 30 heavy (non-hydrogen) atoms. The van der Waals surface area contributed by atoms with Gasteiger partial charge < -0.3 is 15.7 Å². The van der Waals surface area contributed by atoms with Crippen molar-refractivity contribution in [3.05, 3.63) is 40.8 Å². The molecule has 3 aliphatic rings. The lowest BCUT2D eigenvalue weighted by Crippen LogP contribution is -2.32. The summed E-state index contributed by atoms with van der Waals surface area (Å²) in [7, 11) is 1.65. The van der Waals surface area contributed by atoms with Gasteiger partial charge in [0.2, 0.25) is 6.41 Å². The van der Waals surface area contributed by atoms with Crippen LogP contribution in [0.3, 0.4) is 0 Å². The molecular formula is C22H25N5O3. The first kappa shape index (κ1) is 20.1. The molecule has 8 nitrogen and oxygen atoms in total. The first-order chi connectivity index (χ1) is 14.3. The van der Waals surface area contributed by atoms with Gasteiger partial charge in [-0.3, -0.25) is 9.59 Å².